The van der Waals surface area contributed by atoms with E-state index in [9.17, 15) is 14.4 Å². The molecule has 0 amide bonds. The molecule has 1 aromatic carbocycles. The van der Waals surface area contributed by atoms with Gasteiger partial charge < -0.3 is 28.4 Å². The fourth-order valence-corrected chi connectivity index (χ4v) is 3.10. The van der Waals surface area contributed by atoms with Crippen LogP contribution in [0.25, 0.3) is 0 Å². The number of ether oxygens (including phenoxy) is 6. The van der Waals surface area contributed by atoms with Crippen LogP contribution in [0.1, 0.15) is 26.3 Å². The van der Waals surface area contributed by atoms with E-state index < -0.39 is 48.6 Å². The predicted octanol–water partition coefficient (Wildman–Crippen LogP) is 2.44. The normalized spacial score (nSPS) is 25.0. The number of esters is 3. The molecule has 0 N–H and O–H groups in total. The Morgan fingerprint density at radius 1 is 0.969 bits per heavy atom. The van der Waals surface area contributed by atoms with Gasteiger partial charge in [0.2, 0.25) is 6.29 Å². The maximum atomic E-state index is 11.9. The minimum atomic E-state index is -1.10. The van der Waals surface area contributed by atoms with Gasteiger partial charge in [-0.3, -0.25) is 14.4 Å². The van der Waals surface area contributed by atoms with Crippen molar-refractivity contribution in [3.8, 4) is 0 Å². The molecule has 1 fully saturated rings. The molecule has 1 saturated heterocycles. The first-order chi connectivity index (χ1) is 15.3. The van der Waals surface area contributed by atoms with Crippen LogP contribution in [-0.4, -0.2) is 55.2 Å². The lowest BCUT2D eigenvalue weighted by molar-refractivity contribution is -0.304. The van der Waals surface area contributed by atoms with Crippen LogP contribution in [0.3, 0.4) is 0 Å². The highest BCUT2D eigenvalue weighted by Gasteiger charge is 2.52. The number of benzene rings is 1. The summed E-state index contributed by atoms with van der Waals surface area (Å²) >= 11 is 0. The maximum Gasteiger partial charge on any atom is 0.303 e. The third kappa shape index (κ3) is 7.82. The van der Waals surface area contributed by atoms with Crippen molar-refractivity contribution in [2.24, 2.45) is 0 Å². The van der Waals surface area contributed by atoms with Gasteiger partial charge in [-0.2, -0.15) is 0 Å². The van der Waals surface area contributed by atoms with E-state index in [1.807, 2.05) is 30.3 Å². The molecule has 0 bridgehead atoms. The van der Waals surface area contributed by atoms with Crippen molar-refractivity contribution in [1.29, 1.82) is 0 Å². The second-order valence-corrected chi connectivity index (χ2v) is 6.96. The summed E-state index contributed by atoms with van der Waals surface area (Å²) in [5.41, 5.74) is 0.862. The number of hydrogen-bond donors (Lipinski definition) is 0. The molecule has 1 aliphatic rings. The highest BCUT2D eigenvalue weighted by atomic mass is 16.7. The summed E-state index contributed by atoms with van der Waals surface area (Å²) < 4.78 is 33.6. The predicted molar refractivity (Wildman–Crippen MR) is 112 cm³/mol. The third-order valence-corrected chi connectivity index (χ3v) is 4.36. The van der Waals surface area contributed by atoms with Crippen molar-refractivity contribution in [3.05, 3.63) is 60.9 Å². The van der Waals surface area contributed by atoms with E-state index in [-0.39, 0.29) is 13.2 Å². The topological polar surface area (TPSA) is 107 Å². The number of allylic oxidation sites excluding steroid dienone is 2. The lowest BCUT2D eigenvalue weighted by atomic mass is 9.98. The zero-order valence-electron chi connectivity index (χ0n) is 18.3. The van der Waals surface area contributed by atoms with Gasteiger partial charge in [0.1, 0.15) is 12.7 Å². The second kappa shape index (κ2) is 12.6. The smallest absolute Gasteiger partial charge is 0.303 e. The second-order valence-electron chi connectivity index (χ2n) is 6.96. The molecule has 0 spiro atoms. The lowest BCUT2D eigenvalue weighted by Gasteiger charge is -2.44. The molecule has 5 atom stereocenters. The van der Waals surface area contributed by atoms with Crippen LogP contribution in [0.15, 0.2) is 55.3 Å². The zero-order valence-corrected chi connectivity index (χ0v) is 18.3. The number of rotatable bonds is 10. The minimum absolute atomic E-state index is 0.152. The average Bonchev–Trinajstić information content (AvgIpc) is 2.73. The van der Waals surface area contributed by atoms with Crippen LogP contribution in [-0.2, 0) is 49.4 Å². The van der Waals surface area contributed by atoms with Gasteiger partial charge in [-0.1, -0.05) is 43.0 Å². The van der Waals surface area contributed by atoms with E-state index in [0.717, 1.165) is 5.56 Å². The molecule has 9 heteroatoms. The third-order valence-electron chi connectivity index (χ3n) is 4.36. The molecule has 0 aromatic heterocycles. The Balaban J connectivity index is 2.37. The summed E-state index contributed by atoms with van der Waals surface area (Å²) in [6.45, 7) is 7.15. The molecule has 0 radical (unpaired) electrons. The van der Waals surface area contributed by atoms with E-state index in [0.29, 0.717) is 0 Å². The van der Waals surface area contributed by atoms with E-state index in [2.05, 4.69) is 6.58 Å². The van der Waals surface area contributed by atoms with E-state index >= 15 is 0 Å². The van der Waals surface area contributed by atoms with Crippen LogP contribution in [0.5, 0.6) is 0 Å². The van der Waals surface area contributed by atoms with Crippen molar-refractivity contribution in [2.75, 3.05) is 6.61 Å². The molecule has 1 heterocycles. The molecule has 1 aliphatic heterocycles. The Bertz CT molecular complexity index is 805. The Morgan fingerprint density at radius 2 is 1.62 bits per heavy atom. The molecule has 2 rings (SSSR count). The van der Waals surface area contributed by atoms with Gasteiger partial charge in [-0.15, -0.1) is 0 Å². The summed E-state index contributed by atoms with van der Waals surface area (Å²) in [7, 11) is 0. The lowest BCUT2D eigenvalue weighted by Crippen LogP contribution is -2.62. The first kappa shape index (κ1) is 25.1. The molecule has 174 valence electrons. The number of carbonyl (C=O) groups excluding carboxylic acids is 3. The summed E-state index contributed by atoms with van der Waals surface area (Å²) in [6, 6.07) is 9.32. The SMILES string of the molecule is C=C/C=C/O[C@H]1O[C@H](COC(C)=O)[C@@H](OC(C)=O)[C@H](OC(C)=O)[C@H]1OCc1ccccc1. The van der Waals surface area contributed by atoms with Gasteiger partial charge in [-0.25, -0.2) is 0 Å². The number of carbonyl (C=O) groups is 3. The van der Waals surface area contributed by atoms with Gasteiger partial charge in [0.05, 0.1) is 12.9 Å². The van der Waals surface area contributed by atoms with Gasteiger partial charge in [-0.05, 0) is 11.6 Å². The molecule has 0 saturated carbocycles. The van der Waals surface area contributed by atoms with Crippen LogP contribution >= 0.6 is 0 Å². The summed E-state index contributed by atoms with van der Waals surface area (Å²) in [5.74, 6) is -1.80. The van der Waals surface area contributed by atoms with Gasteiger partial charge in [0.15, 0.2) is 18.3 Å². The standard InChI is InChI=1S/C23H28O9/c1-5-6-12-27-23-22(29-13-18-10-8-7-9-11-18)21(31-17(4)26)20(30-16(3)25)19(32-23)14-28-15(2)24/h5-12,19-23H,1,13-14H2,2-4H3/b12-6+/t19-,20-,21+,22-,23+/m1/s1. The van der Waals surface area contributed by atoms with Crippen molar-refractivity contribution in [2.45, 2.75) is 58.1 Å². The summed E-state index contributed by atoms with van der Waals surface area (Å²) in [6.07, 6.45) is -0.793. The Kier molecular flexibility index (Phi) is 9.90. The van der Waals surface area contributed by atoms with Crippen LogP contribution < -0.4 is 0 Å². The highest BCUT2D eigenvalue weighted by Crippen LogP contribution is 2.30. The average molecular weight is 448 g/mol. The van der Waals surface area contributed by atoms with Crippen LogP contribution in [0.4, 0.5) is 0 Å². The molecule has 1 aromatic rings. The van der Waals surface area contributed by atoms with Crippen LogP contribution in [0, 0.1) is 0 Å². The van der Waals surface area contributed by atoms with E-state index in [1.54, 1.807) is 0 Å². The molecular formula is C23H28O9. The molecular weight excluding hydrogens is 420 g/mol. The molecule has 0 unspecified atom stereocenters. The fourth-order valence-electron chi connectivity index (χ4n) is 3.10. The molecule has 9 nitrogen and oxygen atoms in total. The largest absolute Gasteiger partial charge is 0.470 e. The number of hydrogen-bond acceptors (Lipinski definition) is 9. The molecule has 0 aliphatic carbocycles. The van der Waals surface area contributed by atoms with Gasteiger partial charge in [0.25, 0.3) is 0 Å². The Labute approximate surface area is 186 Å². The highest BCUT2D eigenvalue weighted by molar-refractivity contribution is 5.67. The minimum Gasteiger partial charge on any atom is -0.470 e. The Hall–Kier alpha value is -3.17. The summed E-state index contributed by atoms with van der Waals surface area (Å²) in [5, 5.41) is 0. The quantitative estimate of drug-likeness (QED) is 0.231. The molecule has 32 heavy (non-hydrogen) atoms. The monoisotopic (exact) mass is 448 g/mol. The van der Waals surface area contributed by atoms with Crippen LogP contribution in [0.2, 0.25) is 0 Å². The fraction of sp³-hybridized carbons (Fsp3) is 0.435. The van der Waals surface area contributed by atoms with Crippen molar-refractivity contribution in [3.63, 3.8) is 0 Å². The summed E-state index contributed by atoms with van der Waals surface area (Å²) in [4.78, 5) is 35.0. The first-order valence-electron chi connectivity index (χ1n) is 10.0. The van der Waals surface area contributed by atoms with Crippen molar-refractivity contribution < 1.29 is 42.8 Å². The van der Waals surface area contributed by atoms with Crippen molar-refractivity contribution >= 4 is 17.9 Å². The first-order valence-corrected chi connectivity index (χ1v) is 10.0. The van der Waals surface area contributed by atoms with E-state index in [1.165, 1.54) is 39.2 Å². The Morgan fingerprint density at radius 3 is 2.22 bits per heavy atom. The van der Waals surface area contributed by atoms with Gasteiger partial charge in [0, 0.05) is 20.8 Å². The van der Waals surface area contributed by atoms with Crippen molar-refractivity contribution in [1.82, 2.24) is 0 Å². The maximum absolute atomic E-state index is 11.9. The van der Waals surface area contributed by atoms with E-state index in [4.69, 9.17) is 28.4 Å². The van der Waals surface area contributed by atoms with Gasteiger partial charge >= 0.3 is 17.9 Å². The zero-order chi connectivity index (χ0) is 23.5.